The molecule has 6 heteroatoms. The van der Waals surface area contributed by atoms with Crippen molar-refractivity contribution in [3.63, 3.8) is 0 Å². The number of para-hydroxylation sites is 2. The van der Waals surface area contributed by atoms with E-state index in [2.05, 4.69) is 10.3 Å². The normalized spacial score (nSPS) is 11.5. The van der Waals surface area contributed by atoms with Crippen LogP contribution in [-0.2, 0) is 4.79 Å². The molecule has 30 heavy (non-hydrogen) atoms. The summed E-state index contributed by atoms with van der Waals surface area (Å²) in [6.45, 7) is 5.36. The lowest BCUT2D eigenvalue weighted by Gasteiger charge is -2.26. The van der Waals surface area contributed by atoms with Crippen LogP contribution >= 0.6 is 11.6 Å². The van der Waals surface area contributed by atoms with Gasteiger partial charge in [0.05, 0.1) is 0 Å². The highest BCUT2D eigenvalue weighted by Crippen LogP contribution is 2.31. The Kier molecular flexibility index (Phi) is 5.22. The number of halogens is 1. The lowest BCUT2D eigenvalue weighted by Crippen LogP contribution is -2.42. The van der Waals surface area contributed by atoms with Crippen molar-refractivity contribution >= 4 is 34.3 Å². The van der Waals surface area contributed by atoms with Crippen molar-refractivity contribution < 1.29 is 13.9 Å². The molecular formula is C24H21ClN2O3. The summed E-state index contributed by atoms with van der Waals surface area (Å²) < 4.78 is 11.8. The molecule has 0 saturated carbocycles. The lowest BCUT2D eigenvalue weighted by atomic mass is 10.0. The van der Waals surface area contributed by atoms with E-state index in [-0.39, 0.29) is 5.91 Å². The molecule has 0 aliphatic rings. The average Bonchev–Trinajstić information content (AvgIpc) is 3.15. The molecule has 4 aromatic rings. The average molecular weight is 421 g/mol. The van der Waals surface area contributed by atoms with Gasteiger partial charge in [-0.05, 0) is 74.9 Å². The standard InChI is InChI=1S/C24H21ClN2O3/c1-15-18(22-26-20-8-4-5-10-21(20)29-22)7-6-9-19(15)27-23(28)24(2,3)30-17-13-11-16(25)12-14-17/h4-14H,1-3H3,(H,27,28). The maximum atomic E-state index is 12.9. The van der Waals surface area contributed by atoms with E-state index in [1.165, 1.54) is 0 Å². The Labute approximate surface area is 179 Å². The SMILES string of the molecule is Cc1c(NC(=O)C(C)(C)Oc2ccc(Cl)cc2)cccc1-c1nc2ccccc2o1. The second-order valence-corrected chi connectivity index (χ2v) is 7.92. The van der Waals surface area contributed by atoms with E-state index >= 15 is 0 Å². The molecule has 1 aromatic heterocycles. The largest absolute Gasteiger partial charge is 0.478 e. The molecule has 4 rings (SSSR count). The predicted octanol–water partition coefficient (Wildman–Crippen LogP) is 6.25. The van der Waals surface area contributed by atoms with E-state index in [0.29, 0.717) is 22.4 Å². The number of hydrogen-bond acceptors (Lipinski definition) is 4. The summed E-state index contributed by atoms with van der Waals surface area (Å²) >= 11 is 5.91. The minimum absolute atomic E-state index is 0.268. The van der Waals surface area contributed by atoms with Crippen LogP contribution in [0.3, 0.4) is 0 Å². The molecule has 1 amide bonds. The summed E-state index contributed by atoms with van der Waals surface area (Å²) in [4.78, 5) is 17.5. The van der Waals surface area contributed by atoms with Gasteiger partial charge in [-0.3, -0.25) is 4.79 Å². The van der Waals surface area contributed by atoms with Crippen molar-refractivity contribution in [2.75, 3.05) is 5.32 Å². The number of nitrogens with zero attached hydrogens (tertiary/aromatic N) is 1. The zero-order valence-corrected chi connectivity index (χ0v) is 17.7. The highest BCUT2D eigenvalue weighted by atomic mass is 35.5. The number of ether oxygens (including phenoxy) is 1. The first-order valence-corrected chi connectivity index (χ1v) is 9.93. The van der Waals surface area contributed by atoms with E-state index in [1.807, 2.05) is 49.4 Å². The first kappa shape index (κ1) is 20.0. The number of carbonyl (C=O) groups excluding carboxylic acids is 1. The Hall–Kier alpha value is -3.31. The maximum absolute atomic E-state index is 12.9. The summed E-state index contributed by atoms with van der Waals surface area (Å²) in [5.41, 5.74) is 2.78. The third-order valence-electron chi connectivity index (χ3n) is 4.84. The molecule has 0 fully saturated rings. The Morgan fingerprint density at radius 2 is 1.77 bits per heavy atom. The van der Waals surface area contributed by atoms with Crippen LogP contribution in [0.25, 0.3) is 22.6 Å². The molecule has 3 aromatic carbocycles. The molecule has 0 saturated heterocycles. The van der Waals surface area contributed by atoms with Gasteiger partial charge in [-0.2, -0.15) is 0 Å². The van der Waals surface area contributed by atoms with Crippen LogP contribution in [0, 0.1) is 6.92 Å². The molecule has 0 aliphatic carbocycles. The van der Waals surface area contributed by atoms with Crippen LogP contribution in [0.5, 0.6) is 5.75 Å². The number of aromatic nitrogens is 1. The topological polar surface area (TPSA) is 64.4 Å². The number of benzene rings is 3. The molecule has 0 unspecified atom stereocenters. The number of oxazole rings is 1. The fraction of sp³-hybridized carbons (Fsp3) is 0.167. The van der Waals surface area contributed by atoms with Gasteiger partial charge in [-0.15, -0.1) is 0 Å². The van der Waals surface area contributed by atoms with Crippen LogP contribution in [0.4, 0.5) is 5.69 Å². The molecule has 1 heterocycles. The van der Waals surface area contributed by atoms with Crippen molar-refractivity contribution in [2.45, 2.75) is 26.4 Å². The molecule has 5 nitrogen and oxygen atoms in total. The number of anilines is 1. The van der Waals surface area contributed by atoms with Gasteiger partial charge < -0.3 is 14.5 Å². The summed E-state index contributed by atoms with van der Waals surface area (Å²) in [5, 5.41) is 3.57. The van der Waals surface area contributed by atoms with Crippen molar-refractivity contribution in [1.29, 1.82) is 0 Å². The minimum atomic E-state index is -1.09. The molecule has 1 N–H and O–H groups in total. The Morgan fingerprint density at radius 3 is 2.50 bits per heavy atom. The van der Waals surface area contributed by atoms with E-state index in [4.69, 9.17) is 20.8 Å². The Bertz CT molecular complexity index is 1180. The number of amides is 1. The van der Waals surface area contributed by atoms with E-state index in [9.17, 15) is 4.79 Å². The summed E-state index contributed by atoms with van der Waals surface area (Å²) in [6, 6.07) is 20.1. The molecule has 0 spiro atoms. The predicted molar refractivity (Wildman–Crippen MR) is 119 cm³/mol. The van der Waals surface area contributed by atoms with Crippen LogP contribution in [-0.4, -0.2) is 16.5 Å². The third-order valence-corrected chi connectivity index (χ3v) is 5.09. The van der Waals surface area contributed by atoms with Crippen molar-refractivity contribution in [3.8, 4) is 17.2 Å². The first-order chi connectivity index (χ1) is 14.3. The number of rotatable bonds is 5. The zero-order chi connectivity index (χ0) is 21.3. The molecule has 0 aliphatic heterocycles. The Morgan fingerprint density at radius 1 is 1.03 bits per heavy atom. The van der Waals surface area contributed by atoms with Gasteiger partial charge in [0.2, 0.25) is 5.89 Å². The van der Waals surface area contributed by atoms with Gasteiger partial charge in [-0.25, -0.2) is 4.98 Å². The summed E-state index contributed by atoms with van der Waals surface area (Å²) in [7, 11) is 0. The second kappa shape index (κ2) is 7.84. The van der Waals surface area contributed by atoms with Gasteiger partial charge in [0.1, 0.15) is 11.3 Å². The molecule has 0 atom stereocenters. The highest BCUT2D eigenvalue weighted by Gasteiger charge is 2.30. The number of fused-ring (bicyclic) bond motifs is 1. The monoisotopic (exact) mass is 420 g/mol. The Balaban J connectivity index is 1.57. The zero-order valence-electron chi connectivity index (χ0n) is 16.9. The second-order valence-electron chi connectivity index (χ2n) is 7.49. The first-order valence-electron chi connectivity index (χ1n) is 9.55. The molecular weight excluding hydrogens is 400 g/mol. The van der Waals surface area contributed by atoms with Crippen molar-refractivity contribution in [2.24, 2.45) is 0 Å². The van der Waals surface area contributed by atoms with Crippen molar-refractivity contribution in [1.82, 2.24) is 4.98 Å². The van der Waals surface area contributed by atoms with Gasteiger partial charge in [0.15, 0.2) is 11.2 Å². The minimum Gasteiger partial charge on any atom is -0.478 e. The van der Waals surface area contributed by atoms with Gasteiger partial charge in [0, 0.05) is 16.3 Å². The van der Waals surface area contributed by atoms with Crippen LogP contribution in [0.1, 0.15) is 19.4 Å². The number of hydrogen-bond donors (Lipinski definition) is 1. The molecule has 0 bridgehead atoms. The van der Waals surface area contributed by atoms with Crippen LogP contribution in [0.2, 0.25) is 5.02 Å². The quantitative estimate of drug-likeness (QED) is 0.414. The summed E-state index contributed by atoms with van der Waals surface area (Å²) in [6.07, 6.45) is 0. The molecule has 0 radical (unpaired) electrons. The number of nitrogens with one attached hydrogen (secondary N) is 1. The van der Waals surface area contributed by atoms with Gasteiger partial charge in [0.25, 0.3) is 5.91 Å². The van der Waals surface area contributed by atoms with Crippen molar-refractivity contribution in [3.05, 3.63) is 77.3 Å². The number of carbonyl (C=O) groups is 1. The maximum Gasteiger partial charge on any atom is 0.267 e. The fourth-order valence-electron chi connectivity index (χ4n) is 3.11. The smallest absolute Gasteiger partial charge is 0.267 e. The van der Waals surface area contributed by atoms with Crippen LogP contribution in [0.15, 0.2) is 71.1 Å². The molecule has 152 valence electrons. The van der Waals surface area contributed by atoms with Gasteiger partial charge >= 0.3 is 0 Å². The third kappa shape index (κ3) is 4.02. The highest BCUT2D eigenvalue weighted by molar-refractivity contribution is 6.30. The van der Waals surface area contributed by atoms with E-state index in [1.54, 1.807) is 38.1 Å². The van der Waals surface area contributed by atoms with E-state index in [0.717, 1.165) is 22.2 Å². The van der Waals surface area contributed by atoms with E-state index < -0.39 is 5.60 Å². The lowest BCUT2D eigenvalue weighted by molar-refractivity contribution is -0.128. The van der Waals surface area contributed by atoms with Crippen LogP contribution < -0.4 is 10.1 Å². The fourth-order valence-corrected chi connectivity index (χ4v) is 3.23. The van der Waals surface area contributed by atoms with Gasteiger partial charge in [-0.1, -0.05) is 29.8 Å². The summed E-state index contributed by atoms with van der Waals surface area (Å²) in [5.74, 6) is 0.813.